The minimum absolute atomic E-state index is 0.0679. The lowest BCUT2D eigenvalue weighted by Gasteiger charge is -2.21. The molecular weight excluding hydrogens is 204 g/mol. The van der Waals surface area contributed by atoms with Gasteiger partial charge in [0.1, 0.15) is 0 Å². The van der Waals surface area contributed by atoms with Crippen molar-refractivity contribution >= 4 is 5.91 Å². The maximum Gasteiger partial charge on any atom is 0.246 e. The van der Waals surface area contributed by atoms with E-state index in [0.717, 1.165) is 19.5 Å². The first kappa shape index (κ1) is 15.1. The molecule has 0 aromatic rings. The van der Waals surface area contributed by atoms with Crippen LogP contribution in [-0.4, -0.2) is 63.2 Å². The summed E-state index contributed by atoms with van der Waals surface area (Å²) >= 11 is 0. The molecule has 0 heterocycles. The van der Waals surface area contributed by atoms with Crippen LogP contribution in [0.25, 0.3) is 0 Å². The van der Waals surface area contributed by atoms with Gasteiger partial charge in [-0.1, -0.05) is 6.08 Å². The summed E-state index contributed by atoms with van der Waals surface area (Å²) in [7, 11) is 5.72. The highest BCUT2D eigenvalue weighted by Crippen LogP contribution is 1.96. The first-order valence-electron chi connectivity index (χ1n) is 5.67. The van der Waals surface area contributed by atoms with Crippen molar-refractivity contribution < 1.29 is 9.53 Å². The lowest BCUT2D eigenvalue weighted by atomic mass is 10.3. The zero-order chi connectivity index (χ0) is 12.4. The standard InChI is InChI=1S/C12H24N2O2/c1-5-7-12(15)14(10-11-16-4)9-6-8-13(2)3/h5,7H,6,8-11H2,1-4H3. The van der Waals surface area contributed by atoms with Gasteiger partial charge in [-0.05, 0) is 40.1 Å². The molecule has 0 rings (SSSR count). The fourth-order valence-electron chi connectivity index (χ4n) is 1.36. The van der Waals surface area contributed by atoms with E-state index in [1.54, 1.807) is 19.3 Å². The third-order valence-electron chi connectivity index (χ3n) is 2.22. The van der Waals surface area contributed by atoms with E-state index in [-0.39, 0.29) is 5.91 Å². The molecule has 0 aromatic heterocycles. The minimum Gasteiger partial charge on any atom is -0.383 e. The number of carbonyl (C=O) groups is 1. The number of hydrogen-bond acceptors (Lipinski definition) is 3. The molecule has 0 N–H and O–H groups in total. The van der Waals surface area contributed by atoms with E-state index in [1.165, 1.54) is 0 Å². The Morgan fingerprint density at radius 2 is 1.94 bits per heavy atom. The maximum absolute atomic E-state index is 11.7. The number of nitrogens with zero attached hydrogens (tertiary/aromatic N) is 2. The van der Waals surface area contributed by atoms with E-state index in [4.69, 9.17) is 4.74 Å². The van der Waals surface area contributed by atoms with E-state index < -0.39 is 0 Å². The van der Waals surface area contributed by atoms with Gasteiger partial charge < -0.3 is 14.5 Å². The first-order valence-corrected chi connectivity index (χ1v) is 5.67. The summed E-state index contributed by atoms with van der Waals surface area (Å²) in [6, 6.07) is 0. The SMILES string of the molecule is CC=CC(=O)N(CCCN(C)C)CCOC. The second kappa shape index (κ2) is 9.36. The van der Waals surface area contributed by atoms with Gasteiger partial charge in [-0.2, -0.15) is 0 Å². The van der Waals surface area contributed by atoms with Crippen molar-refractivity contribution in [3.05, 3.63) is 12.2 Å². The fourth-order valence-corrected chi connectivity index (χ4v) is 1.36. The monoisotopic (exact) mass is 228 g/mol. The molecule has 0 aliphatic rings. The van der Waals surface area contributed by atoms with E-state index >= 15 is 0 Å². The van der Waals surface area contributed by atoms with Gasteiger partial charge in [-0.3, -0.25) is 4.79 Å². The molecule has 4 heteroatoms. The van der Waals surface area contributed by atoms with Crippen molar-refractivity contribution in [3.63, 3.8) is 0 Å². The van der Waals surface area contributed by atoms with Crippen LogP contribution < -0.4 is 0 Å². The quantitative estimate of drug-likeness (QED) is 0.581. The molecule has 0 bridgehead atoms. The smallest absolute Gasteiger partial charge is 0.246 e. The van der Waals surface area contributed by atoms with Crippen LogP contribution in [0.15, 0.2) is 12.2 Å². The molecule has 16 heavy (non-hydrogen) atoms. The Hall–Kier alpha value is -0.870. The average Bonchev–Trinajstić information content (AvgIpc) is 2.22. The van der Waals surface area contributed by atoms with Gasteiger partial charge in [0, 0.05) is 20.2 Å². The maximum atomic E-state index is 11.7. The molecular formula is C12H24N2O2. The number of methoxy groups -OCH3 is 1. The predicted octanol–water partition coefficient (Wildman–Crippen LogP) is 0.989. The van der Waals surface area contributed by atoms with Gasteiger partial charge in [-0.15, -0.1) is 0 Å². The minimum atomic E-state index is 0.0679. The Labute approximate surface area is 98.9 Å². The molecule has 0 radical (unpaired) electrons. The molecule has 0 atom stereocenters. The van der Waals surface area contributed by atoms with E-state index in [9.17, 15) is 4.79 Å². The lowest BCUT2D eigenvalue weighted by Crippen LogP contribution is -2.34. The van der Waals surface area contributed by atoms with Crippen LogP contribution in [0.2, 0.25) is 0 Å². The molecule has 4 nitrogen and oxygen atoms in total. The highest BCUT2D eigenvalue weighted by Gasteiger charge is 2.09. The van der Waals surface area contributed by atoms with Crippen LogP contribution in [0.3, 0.4) is 0 Å². The molecule has 0 aromatic carbocycles. The van der Waals surface area contributed by atoms with E-state index in [0.29, 0.717) is 13.2 Å². The van der Waals surface area contributed by atoms with E-state index in [2.05, 4.69) is 4.90 Å². The van der Waals surface area contributed by atoms with Gasteiger partial charge in [0.25, 0.3) is 0 Å². The number of amides is 1. The van der Waals surface area contributed by atoms with Crippen molar-refractivity contribution in [1.82, 2.24) is 9.80 Å². The number of hydrogen-bond donors (Lipinski definition) is 0. The van der Waals surface area contributed by atoms with Crippen LogP contribution >= 0.6 is 0 Å². The third kappa shape index (κ3) is 7.43. The Balaban J connectivity index is 4.04. The van der Waals surface area contributed by atoms with Gasteiger partial charge in [0.05, 0.1) is 6.61 Å². The summed E-state index contributed by atoms with van der Waals surface area (Å²) < 4.78 is 5.00. The van der Waals surface area contributed by atoms with Crippen LogP contribution in [-0.2, 0) is 9.53 Å². The highest BCUT2D eigenvalue weighted by molar-refractivity contribution is 5.87. The third-order valence-corrected chi connectivity index (χ3v) is 2.22. The van der Waals surface area contributed by atoms with Crippen molar-refractivity contribution in [2.45, 2.75) is 13.3 Å². The molecule has 94 valence electrons. The number of ether oxygens (including phenoxy) is 1. The van der Waals surface area contributed by atoms with Crippen molar-refractivity contribution in [3.8, 4) is 0 Å². The lowest BCUT2D eigenvalue weighted by molar-refractivity contribution is -0.126. The Morgan fingerprint density at radius 3 is 2.44 bits per heavy atom. The summed E-state index contributed by atoms with van der Waals surface area (Å²) in [5, 5.41) is 0. The van der Waals surface area contributed by atoms with E-state index in [1.807, 2.05) is 25.9 Å². The first-order chi connectivity index (χ1) is 7.61. The number of allylic oxidation sites excluding steroid dienone is 1. The summed E-state index contributed by atoms with van der Waals surface area (Å²) in [6.45, 7) is 4.88. The zero-order valence-electron chi connectivity index (χ0n) is 10.9. The predicted molar refractivity (Wildman–Crippen MR) is 66.4 cm³/mol. The Bertz CT molecular complexity index is 215. The molecule has 1 amide bonds. The molecule has 0 spiro atoms. The van der Waals surface area contributed by atoms with Crippen LogP contribution in [0.1, 0.15) is 13.3 Å². The van der Waals surface area contributed by atoms with Crippen LogP contribution in [0, 0.1) is 0 Å². The molecule has 0 aliphatic heterocycles. The Morgan fingerprint density at radius 1 is 1.25 bits per heavy atom. The van der Waals surface area contributed by atoms with Gasteiger partial charge in [0.15, 0.2) is 0 Å². The number of carbonyl (C=O) groups excluding carboxylic acids is 1. The topological polar surface area (TPSA) is 32.8 Å². The largest absolute Gasteiger partial charge is 0.383 e. The van der Waals surface area contributed by atoms with Gasteiger partial charge in [0.2, 0.25) is 5.91 Å². The summed E-state index contributed by atoms with van der Waals surface area (Å²) in [6.07, 6.45) is 4.36. The van der Waals surface area contributed by atoms with Gasteiger partial charge >= 0.3 is 0 Å². The summed E-state index contributed by atoms with van der Waals surface area (Å²) in [5.74, 6) is 0.0679. The molecule has 0 saturated heterocycles. The van der Waals surface area contributed by atoms with Crippen molar-refractivity contribution in [1.29, 1.82) is 0 Å². The normalized spacial score (nSPS) is 11.3. The van der Waals surface area contributed by atoms with Crippen LogP contribution in [0.4, 0.5) is 0 Å². The van der Waals surface area contributed by atoms with Crippen molar-refractivity contribution in [2.24, 2.45) is 0 Å². The second-order valence-electron chi connectivity index (χ2n) is 3.97. The molecule has 0 aliphatic carbocycles. The molecule has 0 fully saturated rings. The van der Waals surface area contributed by atoms with Gasteiger partial charge in [-0.25, -0.2) is 0 Å². The highest BCUT2D eigenvalue weighted by atomic mass is 16.5. The van der Waals surface area contributed by atoms with Crippen molar-refractivity contribution in [2.75, 3.05) is 47.4 Å². The van der Waals surface area contributed by atoms with Crippen LogP contribution in [0.5, 0.6) is 0 Å². The zero-order valence-corrected chi connectivity index (χ0v) is 10.9. The summed E-state index contributed by atoms with van der Waals surface area (Å²) in [4.78, 5) is 15.6. The number of rotatable bonds is 8. The molecule has 0 saturated carbocycles. The fraction of sp³-hybridized carbons (Fsp3) is 0.750. The molecule has 0 unspecified atom stereocenters. The summed E-state index contributed by atoms with van der Waals surface area (Å²) in [5.41, 5.74) is 0. The second-order valence-corrected chi connectivity index (χ2v) is 3.97. The average molecular weight is 228 g/mol. The Kier molecular flexibility index (Phi) is 8.85.